The van der Waals surface area contributed by atoms with Crippen molar-refractivity contribution in [1.29, 1.82) is 0 Å². The highest BCUT2D eigenvalue weighted by Crippen LogP contribution is 2.15. The Morgan fingerprint density at radius 1 is 1.30 bits per heavy atom. The summed E-state index contributed by atoms with van der Waals surface area (Å²) in [7, 11) is 0. The number of para-hydroxylation sites is 1. The molecule has 2 N–H and O–H groups in total. The zero-order valence-corrected chi connectivity index (χ0v) is 13.5. The van der Waals surface area contributed by atoms with Crippen LogP contribution in [-0.2, 0) is 11.3 Å². The average Bonchev–Trinajstić information content (AvgIpc) is 2.38. The number of carbonyl (C=O) groups excluding carboxylic acids is 1. The van der Waals surface area contributed by atoms with E-state index < -0.39 is 0 Å². The van der Waals surface area contributed by atoms with Gasteiger partial charge >= 0.3 is 0 Å². The molecule has 1 rings (SSSR count). The fraction of sp³-hybridized carbons (Fsp3) is 0.400. The Labute approximate surface area is 134 Å². The standard InChI is InChI=1S/C15H22N2O.2ClH/c1-3-5-6-11-15(18)17-14-10-8-7-9-13(14)12-16-4-2;;/h3,7-10,16H,1,4-6,11-12H2,2H3,(H,17,18);2*1H. The summed E-state index contributed by atoms with van der Waals surface area (Å²) in [5.74, 6) is 0.0702. The lowest BCUT2D eigenvalue weighted by Gasteiger charge is -2.11. The Morgan fingerprint density at radius 2 is 2.00 bits per heavy atom. The third-order valence-corrected chi connectivity index (χ3v) is 2.67. The molecule has 0 aromatic heterocycles. The molecule has 1 aromatic carbocycles. The van der Waals surface area contributed by atoms with Crippen molar-refractivity contribution in [3.05, 3.63) is 42.5 Å². The molecule has 0 atom stereocenters. The molecule has 0 aliphatic rings. The van der Waals surface area contributed by atoms with Crippen LogP contribution in [0.5, 0.6) is 0 Å². The predicted octanol–water partition coefficient (Wildman–Crippen LogP) is 3.93. The molecule has 0 unspecified atom stereocenters. The van der Waals surface area contributed by atoms with Crippen molar-refractivity contribution >= 4 is 36.4 Å². The fourth-order valence-corrected chi connectivity index (χ4v) is 1.68. The lowest BCUT2D eigenvalue weighted by molar-refractivity contribution is -0.116. The molecule has 0 saturated heterocycles. The van der Waals surface area contributed by atoms with E-state index in [1.54, 1.807) is 0 Å². The largest absolute Gasteiger partial charge is 0.326 e. The van der Waals surface area contributed by atoms with Crippen molar-refractivity contribution in [3.63, 3.8) is 0 Å². The van der Waals surface area contributed by atoms with Gasteiger partial charge in [0, 0.05) is 18.7 Å². The van der Waals surface area contributed by atoms with Crippen molar-refractivity contribution in [2.45, 2.75) is 32.7 Å². The van der Waals surface area contributed by atoms with Crippen molar-refractivity contribution in [2.75, 3.05) is 11.9 Å². The second-order valence-corrected chi connectivity index (χ2v) is 4.17. The van der Waals surface area contributed by atoms with Gasteiger partial charge in [0.2, 0.25) is 5.91 Å². The molecular weight excluding hydrogens is 295 g/mol. The van der Waals surface area contributed by atoms with Gasteiger partial charge in [-0.15, -0.1) is 31.4 Å². The second-order valence-electron chi connectivity index (χ2n) is 4.17. The van der Waals surface area contributed by atoms with Crippen LogP contribution in [0, 0.1) is 0 Å². The van der Waals surface area contributed by atoms with Crippen molar-refractivity contribution in [2.24, 2.45) is 0 Å². The van der Waals surface area contributed by atoms with Gasteiger partial charge in [0.15, 0.2) is 0 Å². The molecule has 0 fully saturated rings. The summed E-state index contributed by atoms with van der Waals surface area (Å²) in [5, 5.41) is 6.23. The van der Waals surface area contributed by atoms with Gasteiger partial charge in [-0.05, 0) is 31.0 Å². The van der Waals surface area contributed by atoms with Gasteiger partial charge in [-0.2, -0.15) is 0 Å². The van der Waals surface area contributed by atoms with E-state index in [4.69, 9.17) is 0 Å². The van der Waals surface area contributed by atoms with Gasteiger partial charge in [0.1, 0.15) is 0 Å². The molecule has 0 bridgehead atoms. The number of hydrogen-bond donors (Lipinski definition) is 2. The molecule has 0 aliphatic heterocycles. The Balaban J connectivity index is 0. The number of nitrogens with one attached hydrogen (secondary N) is 2. The van der Waals surface area contributed by atoms with Crippen molar-refractivity contribution in [3.8, 4) is 0 Å². The molecule has 5 heteroatoms. The van der Waals surface area contributed by atoms with Gasteiger partial charge in [-0.3, -0.25) is 4.79 Å². The number of anilines is 1. The van der Waals surface area contributed by atoms with E-state index in [1.165, 1.54) is 0 Å². The molecule has 1 aromatic rings. The van der Waals surface area contributed by atoms with Gasteiger partial charge in [-0.1, -0.05) is 31.2 Å². The number of halogens is 2. The summed E-state index contributed by atoms with van der Waals surface area (Å²) >= 11 is 0. The third-order valence-electron chi connectivity index (χ3n) is 2.67. The van der Waals surface area contributed by atoms with Crippen LogP contribution >= 0.6 is 24.8 Å². The number of hydrogen-bond acceptors (Lipinski definition) is 2. The van der Waals surface area contributed by atoms with Gasteiger partial charge in [0.25, 0.3) is 0 Å². The highest BCUT2D eigenvalue weighted by molar-refractivity contribution is 5.91. The van der Waals surface area contributed by atoms with Crippen LogP contribution in [0.25, 0.3) is 0 Å². The van der Waals surface area contributed by atoms with E-state index >= 15 is 0 Å². The van der Waals surface area contributed by atoms with E-state index in [2.05, 4.69) is 24.1 Å². The number of benzene rings is 1. The first kappa shape index (κ1) is 21.3. The van der Waals surface area contributed by atoms with Crippen LogP contribution in [0.1, 0.15) is 31.7 Å². The molecule has 0 aliphatic carbocycles. The van der Waals surface area contributed by atoms with E-state index in [0.717, 1.165) is 37.2 Å². The van der Waals surface area contributed by atoms with Crippen molar-refractivity contribution in [1.82, 2.24) is 5.32 Å². The summed E-state index contributed by atoms with van der Waals surface area (Å²) in [6.07, 6.45) is 4.12. The SMILES string of the molecule is C=CCCCC(=O)Nc1ccccc1CNCC.Cl.Cl. The van der Waals surface area contributed by atoms with E-state index in [9.17, 15) is 4.79 Å². The molecule has 1 amide bonds. The fourth-order valence-electron chi connectivity index (χ4n) is 1.68. The first-order valence-corrected chi connectivity index (χ1v) is 6.47. The van der Waals surface area contributed by atoms with Crippen LogP contribution in [0.3, 0.4) is 0 Å². The summed E-state index contributed by atoms with van der Waals surface area (Å²) in [5.41, 5.74) is 2.03. The van der Waals surface area contributed by atoms with Crippen LogP contribution in [0.4, 0.5) is 5.69 Å². The number of amides is 1. The second kappa shape index (κ2) is 13.0. The van der Waals surface area contributed by atoms with E-state index in [1.807, 2.05) is 30.3 Å². The normalized spacial score (nSPS) is 9.05. The van der Waals surface area contributed by atoms with Crippen LogP contribution in [-0.4, -0.2) is 12.5 Å². The molecule has 3 nitrogen and oxygen atoms in total. The van der Waals surface area contributed by atoms with Crippen LogP contribution < -0.4 is 10.6 Å². The van der Waals surface area contributed by atoms with Gasteiger partial charge < -0.3 is 10.6 Å². The zero-order chi connectivity index (χ0) is 13.2. The van der Waals surface area contributed by atoms with Crippen molar-refractivity contribution < 1.29 is 4.79 Å². The highest BCUT2D eigenvalue weighted by atomic mass is 35.5. The maximum Gasteiger partial charge on any atom is 0.224 e. The number of carbonyl (C=O) groups is 1. The first-order valence-electron chi connectivity index (χ1n) is 6.47. The average molecular weight is 319 g/mol. The Bertz CT molecular complexity index is 397. The van der Waals surface area contributed by atoms with Gasteiger partial charge in [-0.25, -0.2) is 0 Å². The number of rotatable bonds is 8. The maximum absolute atomic E-state index is 11.7. The minimum atomic E-state index is 0. The molecular formula is C15H24Cl2N2O. The maximum atomic E-state index is 11.7. The van der Waals surface area contributed by atoms with Gasteiger partial charge in [0.05, 0.1) is 0 Å². The quantitative estimate of drug-likeness (QED) is 0.563. The molecule has 0 saturated carbocycles. The minimum Gasteiger partial charge on any atom is -0.326 e. The summed E-state index contributed by atoms with van der Waals surface area (Å²) in [4.78, 5) is 11.7. The molecule has 0 heterocycles. The first-order chi connectivity index (χ1) is 8.77. The highest BCUT2D eigenvalue weighted by Gasteiger charge is 2.05. The minimum absolute atomic E-state index is 0. The summed E-state index contributed by atoms with van der Waals surface area (Å²) in [6.45, 7) is 7.41. The van der Waals surface area contributed by atoms with Crippen LogP contribution in [0.15, 0.2) is 36.9 Å². The molecule has 0 radical (unpaired) electrons. The topological polar surface area (TPSA) is 41.1 Å². The Morgan fingerprint density at radius 3 is 2.65 bits per heavy atom. The summed E-state index contributed by atoms with van der Waals surface area (Å²) < 4.78 is 0. The zero-order valence-electron chi connectivity index (χ0n) is 11.9. The van der Waals surface area contributed by atoms with E-state index in [0.29, 0.717) is 6.42 Å². The lowest BCUT2D eigenvalue weighted by atomic mass is 10.1. The smallest absolute Gasteiger partial charge is 0.224 e. The monoisotopic (exact) mass is 318 g/mol. The van der Waals surface area contributed by atoms with Crippen LogP contribution in [0.2, 0.25) is 0 Å². The molecule has 0 spiro atoms. The lowest BCUT2D eigenvalue weighted by Crippen LogP contribution is -2.16. The predicted molar refractivity (Wildman–Crippen MR) is 91.0 cm³/mol. The number of unbranched alkanes of at least 4 members (excludes halogenated alkanes) is 1. The number of allylic oxidation sites excluding steroid dienone is 1. The third kappa shape index (κ3) is 8.20. The molecule has 114 valence electrons. The molecule has 20 heavy (non-hydrogen) atoms. The Hall–Kier alpha value is -1.03. The Kier molecular flexibility index (Phi) is 13.8. The summed E-state index contributed by atoms with van der Waals surface area (Å²) in [6, 6.07) is 7.90. The van der Waals surface area contributed by atoms with E-state index in [-0.39, 0.29) is 30.7 Å².